The predicted molar refractivity (Wildman–Crippen MR) is 92.4 cm³/mol. The first-order valence-electron chi connectivity index (χ1n) is 7.16. The van der Waals surface area contributed by atoms with Crippen molar-refractivity contribution in [2.24, 2.45) is 5.73 Å². The third-order valence-corrected chi connectivity index (χ3v) is 5.18. The number of primary amides is 1. The van der Waals surface area contributed by atoms with Crippen molar-refractivity contribution in [1.29, 1.82) is 0 Å². The van der Waals surface area contributed by atoms with Crippen molar-refractivity contribution in [3.63, 3.8) is 0 Å². The number of unbranched alkanes of at least 4 members (excludes halogenated alkanes) is 1. The summed E-state index contributed by atoms with van der Waals surface area (Å²) in [7, 11) is 0. The molecule has 21 heavy (non-hydrogen) atoms. The molecular formula is C15H24BrN3OS. The van der Waals surface area contributed by atoms with E-state index < -0.39 is 5.54 Å². The molecule has 0 bridgehead atoms. The molecule has 0 aliphatic carbocycles. The van der Waals surface area contributed by atoms with Gasteiger partial charge in [-0.05, 0) is 67.4 Å². The molecule has 1 atom stereocenters. The van der Waals surface area contributed by atoms with Gasteiger partial charge in [-0.25, -0.2) is 4.98 Å². The number of nitrogens with zero attached hydrogens (tertiary/aromatic N) is 1. The van der Waals surface area contributed by atoms with Gasteiger partial charge in [-0.1, -0.05) is 6.42 Å². The number of halogens is 1. The first-order chi connectivity index (χ1) is 9.85. The predicted octanol–water partition coefficient (Wildman–Crippen LogP) is 3.35. The number of thioether (sulfide) groups is 1. The Balaban J connectivity index is 2.35. The van der Waals surface area contributed by atoms with Gasteiger partial charge in [0.15, 0.2) is 0 Å². The number of hydrogen-bond donors (Lipinski definition) is 2. The fourth-order valence-electron chi connectivity index (χ4n) is 2.13. The number of aromatic nitrogens is 1. The Kier molecular flexibility index (Phi) is 7.70. The highest BCUT2D eigenvalue weighted by atomic mass is 79.9. The van der Waals surface area contributed by atoms with E-state index in [0.29, 0.717) is 0 Å². The number of carbonyl (C=O) groups excluding carboxylic acids is 1. The molecule has 0 aliphatic heterocycles. The summed E-state index contributed by atoms with van der Waals surface area (Å²) < 4.78 is 1.03. The fraction of sp³-hybridized carbons (Fsp3) is 0.600. The van der Waals surface area contributed by atoms with Crippen molar-refractivity contribution < 1.29 is 4.79 Å². The van der Waals surface area contributed by atoms with E-state index in [0.717, 1.165) is 34.5 Å². The fourth-order valence-corrected chi connectivity index (χ4v) is 3.61. The van der Waals surface area contributed by atoms with E-state index in [4.69, 9.17) is 5.73 Å². The Morgan fingerprint density at radius 1 is 1.52 bits per heavy atom. The first-order valence-corrected chi connectivity index (χ1v) is 8.94. The molecule has 118 valence electrons. The van der Waals surface area contributed by atoms with Gasteiger partial charge in [0.1, 0.15) is 5.03 Å². The van der Waals surface area contributed by atoms with Crippen LogP contribution in [0.4, 0.5) is 0 Å². The topological polar surface area (TPSA) is 68.0 Å². The minimum absolute atomic E-state index is 0.237. The molecule has 0 saturated carbocycles. The third kappa shape index (κ3) is 6.36. The van der Waals surface area contributed by atoms with Crippen LogP contribution in [0.2, 0.25) is 0 Å². The zero-order chi connectivity index (χ0) is 15.9. The smallest absolute Gasteiger partial charge is 0.237 e. The maximum Gasteiger partial charge on any atom is 0.237 e. The van der Waals surface area contributed by atoms with Crippen molar-refractivity contribution in [2.75, 3.05) is 5.75 Å². The van der Waals surface area contributed by atoms with Gasteiger partial charge < -0.3 is 11.1 Å². The van der Waals surface area contributed by atoms with E-state index in [2.05, 4.69) is 26.2 Å². The number of nitrogens with two attached hydrogens (primary N) is 1. The van der Waals surface area contributed by atoms with Gasteiger partial charge in [0.2, 0.25) is 5.91 Å². The van der Waals surface area contributed by atoms with Crippen LogP contribution in [-0.2, 0) is 4.79 Å². The van der Waals surface area contributed by atoms with Crippen molar-refractivity contribution >= 4 is 33.6 Å². The minimum atomic E-state index is -0.621. The second-order valence-electron chi connectivity index (χ2n) is 5.59. The van der Waals surface area contributed by atoms with Gasteiger partial charge in [0, 0.05) is 16.7 Å². The van der Waals surface area contributed by atoms with Crippen molar-refractivity contribution in [2.45, 2.75) is 56.6 Å². The summed E-state index contributed by atoms with van der Waals surface area (Å²) >= 11 is 5.21. The zero-order valence-electron chi connectivity index (χ0n) is 12.9. The van der Waals surface area contributed by atoms with E-state index in [1.54, 1.807) is 18.0 Å². The monoisotopic (exact) mass is 373 g/mol. The Morgan fingerprint density at radius 3 is 2.81 bits per heavy atom. The second kappa shape index (κ2) is 8.76. The molecule has 1 aromatic rings. The molecule has 4 nitrogen and oxygen atoms in total. The lowest BCUT2D eigenvalue weighted by atomic mass is 9.93. The number of hydrogen-bond acceptors (Lipinski definition) is 4. The molecule has 1 aromatic heterocycles. The third-order valence-electron chi connectivity index (χ3n) is 3.19. The Morgan fingerprint density at radius 2 is 2.24 bits per heavy atom. The van der Waals surface area contributed by atoms with Crippen LogP contribution in [0.1, 0.15) is 40.0 Å². The molecule has 1 unspecified atom stereocenters. The number of rotatable bonds is 9. The van der Waals surface area contributed by atoms with E-state index in [1.807, 2.05) is 32.9 Å². The van der Waals surface area contributed by atoms with Crippen LogP contribution in [0.15, 0.2) is 27.8 Å². The molecule has 3 N–H and O–H groups in total. The molecule has 0 saturated heterocycles. The van der Waals surface area contributed by atoms with Gasteiger partial charge >= 0.3 is 0 Å². The van der Waals surface area contributed by atoms with E-state index in [1.165, 1.54) is 0 Å². The van der Waals surface area contributed by atoms with Gasteiger partial charge in [-0.2, -0.15) is 0 Å². The lowest BCUT2D eigenvalue weighted by molar-refractivity contribution is -0.124. The summed E-state index contributed by atoms with van der Waals surface area (Å²) in [6.07, 6.45) is 4.53. The highest BCUT2D eigenvalue weighted by Crippen LogP contribution is 2.26. The molecule has 0 aromatic carbocycles. The Bertz CT molecular complexity index is 470. The van der Waals surface area contributed by atoms with Crippen LogP contribution in [0.3, 0.4) is 0 Å². The Hall–Kier alpha value is -0.590. The number of amides is 1. The second-order valence-corrected chi connectivity index (χ2v) is 7.53. The van der Waals surface area contributed by atoms with Crippen LogP contribution in [0.25, 0.3) is 0 Å². The number of carbonyl (C=O) groups is 1. The van der Waals surface area contributed by atoms with Crippen LogP contribution in [0.5, 0.6) is 0 Å². The normalized spacial score (nSPS) is 14.1. The summed E-state index contributed by atoms with van der Waals surface area (Å²) in [5.41, 5.74) is 4.90. The lowest BCUT2D eigenvalue weighted by Crippen LogP contribution is -2.55. The summed E-state index contributed by atoms with van der Waals surface area (Å²) in [6.45, 7) is 5.93. The SMILES string of the molecule is CC(C)NC(C)(CCCCSc1ncccc1Br)C(N)=O. The molecule has 0 radical (unpaired) electrons. The summed E-state index contributed by atoms with van der Waals surface area (Å²) in [4.78, 5) is 15.9. The minimum Gasteiger partial charge on any atom is -0.368 e. The zero-order valence-corrected chi connectivity index (χ0v) is 15.3. The molecule has 0 spiro atoms. The maximum absolute atomic E-state index is 11.6. The highest BCUT2D eigenvalue weighted by Gasteiger charge is 2.30. The van der Waals surface area contributed by atoms with Crippen molar-refractivity contribution in [3.8, 4) is 0 Å². The molecule has 1 rings (SSSR count). The number of pyridine rings is 1. The summed E-state index contributed by atoms with van der Waals surface area (Å²) in [6, 6.07) is 4.14. The molecule has 6 heteroatoms. The van der Waals surface area contributed by atoms with Crippen LogP contribution in [0, 0.1) is 0 Å². The van der Waals surface area contributed by atoms with E-state index >= 15 is 0 Å². The van der Waals surface area contributed by atoms with Gasteiger partial charge in [0.05, 0.1) is 5.54 Å². The summed E-state index contributed by atoms with van der Waals surface area (Å²) in [5, 5.41) is 4.28. The van der Waals surface area contributed by atoms with Crippen molar-refractivity contribution in [1.82, 2.24) is 10.3 Å². The lowest BCUT2D eigenvalue weighted by Gasteiger charge is -2.29. The first kappa shape index (κ1) is 18.5. The van der Waals surface area contributed by atoms with E-state index in [-0.39, 0.29) is 11.9 Å². The highest BCUT2D eigenvalue weighted by molar-refractivity contribution is 9.10. The largest absolute Gasteiger partial charge is 0.368 e. The van der Waals surface area contributed by atoms with Crippen molar-refractivity contribution in [3.05, 3.63) is 22.8 Å². The van der Waals surface area contributed by atoms with Gasteiger partial charge in [0.25, 0.3) is 0 Å². The standard InChI is InChI=1S/C15H24BrN3OS/c1-11(2)19-15(3,14(17)20)8-4-5-10-21-13-12(16)7-6-9-18-13/h6-7,9,11,19H,4-5,8,10H2,1-3H3,(H2,17,20). The maximum atomic E-state index is 11.6. The average Bonchev–Trinajstić information content (AvgIpc) is 2.39. The molecular weight excluding hydrogens is 350 g/mol. The Labute approximate surface area is 139 Å². The van der Waals surface area contributed by atoms with E-state index in [9.17, 15) is 4.79 Å². The van der Waals surface area contributed by atoms with Gasteiger partial charge in [-0.15, -0.1) is 11.8 Å². The molecule has 0 fully saturated rings. The quantitative estimate of drug-likeness (QED) is 0.514. The molecule has 1 amide bonds. The van der Waals surface area contributed by atoms with Gasteiger partial charge in [-0.3, -0.25) is 4.79 Å². The van der Waals surface area contributed by atoms with Crippen LogP contribution >= 0.6 is 27.7 Å². The number of nitrogens with one attached hydrogen (secondary N) is 1. The van der Waals surface area contributed by atoms with Crippen LogP contribution < -0.4 is 11.1 Å². The summed E-state index contributed by atoms with van der Waals surface area (Å²) in [5.74, 6) is 0.697. The molecule has 0 aliphatic rings. The van der Waals surface area contributed by atoms with Crippen LogP contribution in [-0.4, -0.2) is 28.2 Å². The molecule has 1 heterocycles. The average molecular weight is 374 g/mol.